The van der Waals surface area contributed by atoms with Crippen LogP contribution in [-0.4, -0.2) is 48.3 Å². The number of hydrogen-bond acceptors (Lipinski definition) is 3. The Morgan fingerprint density at radius 1 is 1.50 bits per heavy atom. The first-order valence-electron chi connectivity index (χ1n) is 3.34. The van der Waals surface area contributed by atoms with Gasteiger partial charge in [-0.25, -0.2) is 10.1 Å². The zero-order valence-electron chi connectivity index (χ0n) is 6.93. The summed E-state index contributed by atoms with van der Waals surface area (Å²) in [5.74, 6) is 0.311. The van der Waals surface area contributed by atoms with E-state index in [2.05, 4.69) is 5.10 Å². The van der Waals surface area contributed by atoms with Crippen molar-refractivity contribution in [2.75, 3.05) is 27.6 Å². The average Bonchev–Trinajstić information content (AvgIpc) is 1.97. The summed E-state index contributed by atoms with van der Waals surface area (Å²) in [4.78, 5) is 13.2. The molecule has 1 fully saturated rings. The van der Waals surface area contributed by atoms with E-state index >= 15 is 0 Å². The maximum Gasteiger partial charge on any atom is 0.277 e. The second-order valence-corrected chi connectivity index (χ2v) is 2.50. The van der Waals surface area contributed by atoms with E-state index in [0.29, 0.717) is 19.4 Å². The summed E-state index contributed by atoms with van der Waals surface area (Å²) in [6.07, 6.45) is 0. The monoisotopic (exact) mass is 174 g/mol. The molecule has 0 unspecified atom stereocenters. The van der Waals surface area contributed by atoms with E-state index in [0.717, 1.165) is 0 Å². The molecule has 12 heavy (non-hydrogen) atoms. The van der Waals surface area contributed by atoms with Crippen molar-refractivity contribution in [3.8, 4) is 0 Å². The predicted octanol–water partition coefficient (Wildman–Crippen LogP) is -0.657. The lowest BCUT2D eigenvalue weighted by Gasteiger charge is -2.31. The molecule has 68 valence electrons. The molecule has 0 spiro atoms. The van der Waals surface area contributed by atoms with Gasteiger partial charge in [0.1, 0.15) is 18.6 Å². The fourth-order valence-electron chi connectivity index (χ4n) is 0.947. The third-order valence-electron chi connectivity index (χ3n) is 1.42. The third-order valence-corrected chi connectivity index (χ3v) is 1.42. The molecule has 7 nitrogen and oxygen atoms in total. The molecule has 1 aliphatic rings. The first-order chi connectivity index (χ1) is 5.61. The van der Waals surface area contributed by atoms with Crippen molar-refractivity contribution in [2.45, 2.75) is 0 Å². The fraction of sp³-hybridized carbons (Fsp3) is 0.800. The molecule has 0 aromatic rings. The predicted molar refractivity (Wildman–Crippen MR) is 40.8 cm³/mol. The lowest BCUT2D eigenvalue weighted by Crippen LogP contribution is -2.48. The van der Waals surface area contributed by atoms with Crippen LogP contribution in [0.3, 0.4) is 0 Å². The van der Waals surface area contributed by atoms with Crippen molar-refractivity contribution in [3.63, 3.8) is 0 Å². The van der Waals surface area contributed by atoms with Crippen LogP contribution in [0.15, 0.2) is 5.10 Å². The van der Waals surface area contributed by atoms with Crippen LogP contribution in [0.2, 0.25) is 0 Å². The number of ether oxygens (including phenoxy) is 1. The van der Waals surface area contributed by atoms with Gasteiger partial charge in [-0.3, -0.25) is 0 Å². The highest BCUT2D eigenvalue weighted by Crippen LogP contribution is 2.01. The van der Waals surface area contributed by atoms with Crippen LogP contribution in [0.5, 0.6) is 0 Å². The summed E-state index contributed by atoms with van der Waals surface area (Å²) in [5.41, 5.74) is 0. The van der Waals surface area contributed by atoms with Gasteiger partial charge in [0.2, 0.25) is 0 Å². The number of hydrogen-bond donors (Lipinski definition) is 0. The Balaban J connectivity index is 2.75. The van der Waals surface area contributed by atoms with E-state index in [9.17, 15) is 10.1 Å². The van der Waals surface area contributed by atoms with Gasteiger partial charge in [-0.05, 0) is 0 Å². The Hall–Kier alpha value is -1.37. The summed E-state index contributed by atoms with van der Waals surface area (Å²) >= 11 is 0. The van der Waals surface area contributed by atoms with Crippen LogP contribution in [0.25, 0.3) is 0 Å². The third kappa shape index (κ3) is 1.82. The van der Waals surface area contributed by atoms with Crippen LogP contribution in [0, 0.1) is 10.1 Å². The highest BCUT2D eigenvalue weighted by atomic mass is 16.7. The quantitative estimate of drug-likeness (QED) is 0.390. The van der Waals surface area contributed by atoms with Gasteiger partial charge in [0.25, 0.3) is 5.96 Å². The van der Waals surface area contributed by atoms with Crippen molar-refractivity contribution >= 4 is 5.96 Å². The van der Waals surface area contributed by atoms with E-state index in [1.54, 1.807) is 23.9 Å². The van der Waals surface area contributed by atoms with Gasteiger partial charge in [-0.2, -0.15) is 0 Å². The number of nitro groups is 1. The molecular weight excluding hydrogens is 164 g/mol. The molecule has 7 heteroatoms. The van der Waals surface area contributed by atoms with E-state index in [1.165, 1.54) is 0 Å². The Kier molecular flexibility index (Phi) is 2.44. The fourth-order valence-corrected chi connectivity index (χ4v) is 0.947. The van der Waals surface area contributed by atoms with Gasteiger partial charge in [0.15, 0.2) is 5.03 Å². The molecule has 1 heterocycles. The summed E-state index contributed by atoms with van der Waals surface area (Å²) in [5, 5.41) is 12.6. The van der Waals surface area contributed by atoms with Crippen molar-refractivity contribution in [3.05, 3.63) is 10.1 Å². The molecule has 0 saturated carbocycles. The van der Waals surface area contributed by atoms with E-state index in [-0.39, 0.29) is 0 Å². The molecule has 0 radical (unpaired) electrons. The Morgan fingerprint density at radius 2 is 2.00 bits per heavy atom. The lowest BCUT2D eigenvalue weighted by atomic mass is 10.6. The van der Waals surface area contributed by atoms with E-state index in [4.69, 9.17) is 4.74 Å². The summed E-state index contributed by atoms with van der Waals surface area (Å²) in [7, 11) is 3.36. The average molecular weight is 174 g/mol. The van der Waals surface area contributed by atoms with Gasteiger partial charge in [0.05, 0.1) is 0 Å². The Labute approximate surface area is 69.3 Å². The molecule has 0 aliphatic carbocycles. The van der Waals surface area contributed by atoms with Gasteiger partial charge in [-0.15, -0.1) is 0 Å². The maximum atomic E-state index is 10.1. The highest BCUT2D eigenvalue weighted by molar-refractivity contribution is 5.79. The molecule has 0 N–H and O–H groups in total. The summed E-state index contributed by atoms with van der Waals surface area (Å²) < 4.78 is 5.05. The van der Waals surface area contributed by atoms with Gasteiger partial charge in [-0.1, -0.05) is 0 Å². The van der Waals surface area contributed by atoms with E-state index in [1.807, 2.05) is 0 Å². The Bertz CT molecular complexity index is 205. The summed E-state index contributed by atoms with van der Waals surface area (Å²) in [6, 6.07) is 0. The smallest absolute Gasteiger partial charge is 0.277 e. The number of guanidine groups is 1. The molecule has 1 rings (SSSR count). The largest absolute Gasteiger partial charge is 0.341 e. The standard InChI is InChI=1S/C5H10N4O3/c1-7-3-12-4-8(2)5(7)6-9(10)11/h3-4H2,1-2H3. The minimum absolute atomic E-state index is 0.311. The minimum atomic E-state index is -0.715. The van der Waals surface area contributed by atoms with E-state index < -0.39 is 5.03 Å². The molecule has 1 saturated heterocycles. The second-order valence-electron chi connectivity index (χ2n) is 2.50. The van der Waals surface area contributed by atoms with Crippen molar-refractivity contribution in [1.82, 2.24) is 9.80 Å². The minimum Gasteiger partial charge on any atom is -0.341 e. The normalized spacial score (nSPS) is 18.0. The molecule has 0 amide bonds. The number of nitrogens with zero attached hydrogens (tertiary/aromatic N) is 4. The van der Waals surface area contributed by atoms with Crippen molar-refractivity contribution in [1.29, 1.82) is 0 Å². The second kappa shape index (κ2) is 3.35. The zero-order chi connectivity index (χ0) is 9.14. The van der Waals surface area contributed by atoms with Crippen molar-refractivity contribution < 1.29 is 9.77 Å². The molecule has 1 aliphatic heterocycles. The molecule has 0 aromatic heterocycles. The van der Waals surface area contributed by atoms with Crippen LogP contribution in [0.4, 0.5) is 0 Å². The van der Waals surface area contributed by atoms with Gasteiger partial charge < -0.3 is 14.5 Å². The highest BCUT2D eigenvalue weighted by Gasteiger charge is 2.21. The SMILES string of the molecule is CN1COCN(C)C1=N[N+](=O)[O-]. The molecular formula is C5H10N4O3. The van der Waals surface area contributed by atoms with Crippen LogP contribution < -0.4 is 0 Å². The topological polar surface area (TPSA) is 71.2 Å². The number of rotatable bonds is 1. The van der Waals surface area contributed by atoms with Crippen LogP contribution >= 0.6 is 0 Å². The van der Waals surface area contributed by atoms with Crippen LogP contribution in [0.1, 0.15) is 0 Å². The molecule has 0 aromatic carbocycles. The Morgan fingerprint density at radius 3 is 2.42 bits per heavy atom. The zero-order valence-corrected chi connectivity index (χ0v) is 6.93. The molecule has 0 atom stereocenters. The number of hydrazone groups is 1. The first kappa shape index (κ1) is 8.72. The molecule has 0 bridgehead atoms. The van der Waals surface area contributed by atoms with Gasteiger partial charge in [0, 0.05) is 14.1 Å². The maximum absolute atomic E-state index is 10.1. The van der Waals surface area contributed by atoms with Gasteiger partial charge >= 0.3 is 0 Å². The lowest BCUT2D eigenvalue weighted by molar-refractivity contribution is -0.486. The van der Waals surface area contributed by atoms with Crippen molar-refractivity contribution in [2.24, 2.45) is 5.10 Å². The van der Waals surface area contributed by atoms with Crippen LogP contribution in [-0.2, 0) is 4.74 Å². The first-order valence-corrected chi connectivity index (χ1v) is 3.34. The summed E-state index contributed by atoms with van der Waals surface area (Å²) in [6.45, 7) is 0.661.